The van der Waals surface area contributed by atoms with E-state index >= 15 is 0 Å². The molecule has 0 spiro atoms. The lowest BCUT2D eigenvalue weighted by Gasteiger charge is -2.08. The highest BCUT2D eigenvalue weighted by molar-refractivity contribution is 7.19. The SMILES string of the molecule is Cc1nc(NC(=O)NCCC(=O)NCC(F)(F)F)sc1-c1ccc(C(=O)NC2CC2)cc1. The summed E-state index contributed by atoms with van der Waals surface area (Å²) in [5.74, 6) is -0.921. The van der Waals surface area contributed by atoms with Gasteiger partial charge < -0.3 is 16.0 Å². The van der Waals surface area contributed by atoms with Crippen molar-refractivity contribution in [2.45, 2.75) is 38.4 Å². The Hall–Kier alpha value is -3.15. The lowest BCUT2D eigenvalue weighted by atomic mass is 10.1. The largest absolute Gasteiger partial charge is 0.405 e. The molecule has 0 radical (unpaired) electrons. The van der Waals surface area contributed by atoms with E-state index in [1.54, 1.807) is 24.4 Å². The van der Waals surface area contributed by atoms with Gasteiger partial charge in [0.15, 0.2) is 5.13 Å². The quantitative estimate of drug-likeness (QED) is 0.476. The van der Waals surface area contributed by atoms with Gasteiger partial charge >= 0.3 is 12.2 Å². The monoisotopic (exact) mass is 469 g/mol. The van der Waals surface area contributed by atoms with Crippen LogP contribution in [0.2, 0.25) is 0 Å². The number of carbonyl (C=O) groups is 3. The highest BCUT2D eigenvalue weighted by atomic mass is 32.1. The van der Waals surface area contributed by atoms with Gasteiger partial charge in [-0.2, -0.15) is 13.2 Å². The van der Waals surface area contributed by atoms with E-state index in [1.807, 2.05) is 12.1 Å². The molecule has 1 aliphatic carbocycles. The summed E-state index contributed by atoms with van der Waals surface area (Å²) in [6.07, 6.45) is -2.74. The first kappa shape index (κ1) is 23.5. The minimum absolute atomic E-state index is 0.105. The summed E-state index contributed by atoms with van der Waals surface area (Å²) >= 11 is 1.24. The maximum absolute atomic E-state index is 12.1. The van der Waals surface area contributed by atoms with E-state index in [1.165, 1.54) is 11.3 Å². The highest BCUT2D eigenvalue weighted by Gasteiger charge is 2.27. The third kappa shape index (κ3) is 7.22. The van der Waals surface area contributed by atoms with Crippen molar-refractivity contribution in [1.29, 1.82) is 0 Å². The van der Waals surface area contributed by atoms with Crippen molar-refractivity contribution in [3.63, 3.8) is 0 Å². The predicted molar refractivity (Wildman–Crippen MR) is 113 cm³/mol. The first-order valence-corrected chi connectivity index (χ1v) is 10.7. The second-order valence-electron chi connectivity index (χ2n) is 7.28. The fourth-order valence-electron chi connectivity index (χ4n) is 2.71. The molecular formula is C20H22F3N5O3S. The van der Waals surface area contributed by atoms with Crippen molar-refractivity contribution in [2.24, 2.45) is 0 Å². The number of aryl methyl sites for hydroxylation is 1. The van der Waals surface area contributed by atoms with Crippen LogP contribution in [0.15, 0.2) is 24.3 Å². The minimum atomic E-state index is -4.48. The van der Waals surface area contributed by atoms with Gasteiger partial charge in [0.1, 0.15) is 6.54 Å². The number of hydrogen-bond donors (Lipinski definition) is 4. The van der Waals surface area contributed by atoms with Gasteiger partial charge in [0.2, 0.25) is 5.91 Å². The number of alkyl halides is 3. The molecule has 2 aromatic rings. The molecule has 1 heterocycles. The van der Waals surface area contributed by atoms with Gasteiger partial charge in [-0.15, -0.1) is 0 Å². The number of urea groups is 1. The molecule has 172 valence electrons. The van der Waals surface area contributed by atoms with Gasteiger partial charge in [-0.1, -0.05) is 23.5 Å². The lowest BCUT2D eigenvalue weighted by Crippen LogP contribution is -2.37. The van der Waals surface area contributed by atoms with Gasteiger partial charge in [0.25, 0.3) is 5.91 Å². The van der Waals surface area contributed by atoms with E-state index in [9.17, 15) is 27.6 Å². The number of halogens is 3. The van der Waals surface area contributed by atoms with Gasteiger partial charge in [-0.25, -0.2) is 9.78 Å². The van der Waals surface area contributed by atoms with E-state index in [0.29, 0.717) is 16.4 Å². The van der Waals surface area contributed by atoms with Crippen LogP contribution >= 0.6 is 11.3 Å². The van der Waals surface area contributed by atoms with Crippen molar-refractivity contribution in [2.75, 3.05) is 18.4 Å². The van der Waals surface area contributed by atoms with Crippen molar-refractivity contribution < 1.29 is 27.6 Å². The molecule has 0 atom stereocenters. The van der Waals surface area contributed by atoms with Crippen LogP contribution in [0.3, 0.4) is 0 Å². The number of nitrogens with one attached hydrogen (secondary N) is 4. The average molecular weight is 469 g/mol. The van der Waals surface area contributed by atoms with Gasteiger partial charge in [0.05, 0.1) is 10.6 Å². The number of carbonyl (C=O) groups excluding carboxylic acids is 3. The number of amides is 4. The molecule has 12 heteroatoms. The van der Waals surface area contributed by atoms with Crippen molar-refractivity contribution >= 4 is 34.3 Å². The Balaban J connectivity index is 1.48. The molecule has 8 nitrogen and oxygen atoms in total. The number of aromatic nitrogens is 1. The maximum atomic E-state index is 12.1. The number of hydrogen-bond acceptors (Lipinski definition) is 5. The summed E-state index contributed by atoms with van der Waals surface area (Å²) in [4.78, 5) is 40.5. The Kier molecular flexibility index (Phi) is 7.33. The molecule has 0 saturated heterocycles. The molecule has 1 aliphatic rings. The van der Waals surface area contributed by atoms with E-state index < -0.39 is 24.7 Å². The predicted octanol–water partition coefficient (Wildman–Crippen LogP) is 3.20. The Morgan fingerprint density at radius 3 is 2.44 bits per heavy atom. The molecule has 0 bridgehead atoms. The standard InChI is InChI=1S/C20H22F3N5O3S/c1-11-16(12-2-4-13(5-3-12)17(30)27-14-6-7-14)32-19(26-11)28-18(31)24-9-8-15(29)25-10-20(21,22)23/h2-5,14H,6-10H2,1H3,(H,25,29)(H,27,30)(H2,24,26,28,31). The van der Waals surface area contributed by atoms with Crippen LogP contribution in [0, 0.1) is 6.92 Å². The number of anilines is 1. The van der Waals surface area contributed by atoms with Crippen LogP contribution in [-0.2, 0) is 4.79 Å². The van der Waals surface area contributed by atoms with Crippen molar-refractivity contribution in [3.8, 4) is 10.4 Å². The van der Waals surface area contributed by atoms with Crippen LogP contribution in [-0.4, -0.2) is 48.1 Å². The summed E-state index contributed by atoms with van der Waals surface area (Å²) < 4.78 is 36.2. The number of thiazole rings is 1. The Morgan fingerprint density at radius 2 is 1.81 bits per heavy atom. The number of benzene rings is 1. The second kappa shape index (κ2) is 9.98. The first-order chi connectivity index (χ1) is 15.1. The van der Waals surface area contributed by atoms with Crippen LogP contribution in [0.4, 0.5) is 23.1 Å². The fraction of sp³-hybridized carbons (Fsp3) is 0.400. The maximum Gasteiger partial charge on any atom is 0.405 e. The summed E-state index contributed by atoms with van der Waals surface area (Å²) in [5, 5.41) is 9.92. The molecular weight excluding hydrogens is 447 g/mol. The zero-order valence-corrected chi connectivity index (χ0v) is 18.0. The third-order valence-electron chi connectivity index (χ3n) is 4.46. The number of rotatable bonds is 8. The van der Waals surface area contributed by atoms with E-state index in [-0.39, 0.29) is 24.9 Å². The Morgan fingerprint density at radius 1 is 1.12 bits per heavy atom. The topological polar surface area (TPSA) is 112 Å². The van der Waals surface area contributed by atoms with Crippen LogP contribution in [0.5, 0.6) is 0 Å². The summed E-state index contributed by atoms with van der Waals surface area (Å²) in [6, 6.07) is 6.74. The van der Waals surface area contributed by atoms with E-state index in [4.69, 9.17) is 0 Å². The molecule has 0 unspecified atom stereocenters. The van der Waals surface area contributed by atoms with Crippen LogP contribution in [0.25, 0.3) is 10.4 Å². The van der Waals surface area contributed by atoms with Gasteiger partial charge in [-0.3, -0.25) is 14.9 Å². The smallest absolute Gasteiger partial charge is 0.349 e. The Labute approximate surface area is 186 Å². The summed E-state index contributed by atoms with van der Waals surface area (Å²) in [7, 11) is 0. The molecule has 1 aromatic heterocycles. The summed E-state index contributed by atoms with van der Waals surface area (Å²) in [5.41, 5.74) is 2.10. The third-order valence-corrected chi connectivity index (χ3v) is 5.58. The Bertz CT molecular complexity index is 987. The van der Waals surface area contributed by atoms with Gasteiger partial charge in [-0.05, 0) is 37.5 Å². The second-order valence-corrected chi connectivity index (χ2v) is 8.28. The highest BCUT2D eigenvalue weighted by Crippen LogP contribution is 2.33. The van der Waals surface area contributed by atoms with Crippen molar-refractivity contribution in [1.82, 2.24) is 20.9 Å². The number of nitrogens with zero attached hydrogens (tertiary/aromatic N) is 1. The molecule has 3 rings (SSSR count). The molecule has 0 aliphatic heterocycles. The summed E-state index contributed by atoms with van der Waals surface area (Å²) in [6.45, 7) is 0.246. The van der Waals surface area contributed by atoms with E-state index in [2.05, 4.69) is 20.9 Å². The molecule has 1 aromatic carbocycles. The lowest BCUT2D eigenvalue weighted by molar-refractivity contribution is -0.138. The van der Waals surface area contributed by atoms with Gasteiger partial charge in [0, 0.05) is 24.6 Å². The fourth-order valence-corrected chi connectivity index (χ4v) is 3.67. The first-order valence-electron chi connectivity index (χ1n) is 9.88. The normalized spacial score (nSPS) is 13.4. The van der Waals surface area contributed by atoms with Crippen molar-refractivity contribution in [3.05, 3.63) is 35.5 Å². The molecule has 1 fully saturated rings. The minimum Gasteiger partial charge on any atom is -0.349 e. The zero-order valence-electron chi connectivity index (χ0n) is 17.1. The molecule has 4 amide bonds. The molecule has 32 heavy (non-hydrogen) atoms. The molecule has 4 N–H and O–H groups in total. The average Bonchev–Trinajstić information content (AvgIpc) is 3.46. The molecule has 1 saturated carbocycles. The van der Waals surface area contributed by atoms with Crippen LogP contribution < -0.4 is 21.3 Å². The van der Waals surface area contributed by atoms with Crippen LogP contribution in [0.1, 0.15) is 35.3 Å². The van der Waals surface area contributed by atoms with E-state index in [0.717, 1.165) is 23.3 Å². The zero-order chi connectivity index (χ0) is 23.3.